The standard InChI is InChI=1S/C17H13Cl2N3O3/c1-10-20-17(22-25-10)11-5-7-12(8-6-11)24-9-15(23)21-16-13(18)3-2-4-14(16)19/h2-8H,9H2,1H3,(H,21,23). The first-order chi connectivity index (χ1) is 12.0. The van der Waals surface area contributed by atoms with Gasteiger partial charge in [-0.3, -0.25) is 4.79 Å². The van der Waals surface area contributed by atoms with Crippen molar-refractivity contribution < 1.29 is 14.1 Å². The highest BCUT2D eigenvalue weighted by atomic mass is 35.5. The molecule has 8 heteroatoms. The second-order valence-electron chi connectivity index (χ2n) is 5.09. The van der Waals surface area contributed by atoms with E-state index in [2.05, 4.69) is 15.5 Å². The molecule has 0 aliphatic carbocycles. The number of anilines is 1. The minimum atomic E-state index is -0.368. The molecule has 0 aliphatic rings. The predicted octanol–water partition coefficient (Wildman–Crippen LogP) is 4.37. The van der Waals surface area contributed by atoms with Crippen molar-refractivity contribution in [3.8, 4) is 17.1 Å². The van der Waals surface area contributed by atoms with Gasteiger partial charge in [0.1, 0.15) is 5.75 Å². The summed E-state index contributed by atoms with van der Waals surface area (Å²) >= 11 is 12.0. The number of aryl methyl sites for hydroxylation is 1. The molecule has 2 aromatic carbocycles. The number of aromatic nitrogens is 2. The van der Waals surface area contributed by atoms with E-state index in [1.807, 2.05) is 0 Å². The highest BCUT2D eigenvalue weighted by molar-refractivity contribution is 6.39. The number of nitrogens with one attached hydrogen (secondary N) is 1. The SMILES string of the molecule is Cc1nc(-c2ccc(OCC(=O)Nc3c(Cl)cccc3Cl)cc2)no1. The van der Waals surface area contributed by atoms with E-state index < -0.39 is 0 Å². The number of para-hydroxylation sites is 1. The largest absolute Gasteiger partial charge is 0.484 e. The second-order valence-corrected chi connectivity index (χ2v) is 5.91. The van der Waals surface area contributed by atoms with Crippen LogP contribution in [0.25, 0.3) is 11.4 Å². The van der Waals surface area contributed by atoms with Gasteiger partial charge in [-0.1, -0.05) is 34.4 Å². The Balaban J connectivity index is 1.59. The molecule has 0 unspecified atom stereocenters. The van der Waals surface area contributed by atoms with E-state index in [0.29, 0.717) is 33.2 Å². The van der Waals surface area contributed by atoms with E-state index in [4.69, 9.17) is 32.5 Å². The van der Waals surface area contributed by atoms with Crippen LogP contribution in [0.3, 0.4) is 0 Å². The summed E-state index contributed by atoms with van der Waals surface area (Å²) in [6, 6.07) is 12.0. The smallest absolute Gasteiger partial charge is 0.262 e. The molecule has 0 saturated heterocycles. The zero-order valence-corrected chi connectivity index (χ0v) is 14.6. The molecule has 1 heterocycles. The molecule has 1 amide bonds. The lowest BCUT2D eigenvalue weighted by Gasteiger charge is -2.10. The highest BCUT2D eigenvalue weighted by Gasteiger charge is 2.11. The summed E-state index contributed by atoms with van der Waals surface area (Å²) in [5.74, 6) is 1.15. The first-order valence-corrected chi connectivity index (χ1v) is 8.06. The van der Waals surface area contributed by atoms with Crippen LogP contribution in [0.2, 0.25) is 10.0 Å². The van der Waals surface area contributed by atoms with Crippen LogP contribution in [0.4, 0.5) is 5.69 Å². The van der Waals surface area contributed by atoms with Crippen LogP contribution in [-0.4, -0.2) is 22.7 Å². The van der Waals surface area contributed by atoms with Crippen molar-refractivity contribution in [2.45, 2.75) is 6.92 Å². The van der Waals surface area contributed by atoms with E-state index in [0.717, 1.165) is 5.56 Å². The maximum Gasteiger partial charge on any atom is 0.262 e. The Bertz CT molecular complexity index is 874. The molecule has 3 rings (SSSR count). The highest BCUT2D eigenvalue weighted by Crippen LogP contribution is 2.29. The van der Waals surface area contributed by atoms with Crippen LogP contribution < -0.4 is 10.1 Å². The van der Waals surface area contributed by atoms with Gasteiger partial charge in [-0.05, 0) is 36.4 Å². The number of carbonyl (C=O) groups excluding carboxylic acids is 1. The molecule has 1 N–H and O–H groups in total. The topological polar surface area (TPSA) is 77.2 Å². The van der Waals surface area contributed by atoms with Gasteiger partial charge in [0.25, 0.3) is 5.91 Å². The number of halogens is 2. The molecule has 0 bridgehead atoms. The molecule has 1 aromatic heterocycles. The number of hydrogen-bond donors (Lipinski definition) is 1. The molecule has 3 aromatic rings. The summed E-state index contributed by atoms with van der Waals surface area (Å²) in [7, 11) is 0. The van der Waals surface area contributed by atoms with Crippen LogP contribution in [0, 0.1) is 6.92 Å². The normalized spacial score (nSPS) is 10.5. The fourth-order valence-corrected chi connectivity index (χ4v) is 2.55. The van der Waals surface area contributed by atoms with Gasteiger partial charge in [-0.25, -0.2) is 0 Å². The number of carbonyl (C=O) groups is 1. The molecule has 0 radical (unpaired) electrons. The van der Waals surface area contributed by atoms with Crippen molar-refractivity contribution in [3.05, 3.63) is 58.4 Å². The maximum atomic E-state index is 12.0. The molecule has 128 valence electrons. The molecular formula is C17H13Cl2N3O3. The van der Waals surface area contributed by atoms with Crippen LogP contribution >= 0.6 is 23.2 Å². The van der Waals surface area contributed by atoms with Gasteiger partial charge in [0, 0.05) is 12.5 Å². The molecule has 0 aliphatic heterocycles. The first-order valence-electron chi connectivity index (χ1n) is 7.30. The molecule has 25 heavy (non-hydrogen) atoms. The molecule has 0 atom stereocenters. The number of ether oxygens (including phenoxy) is 1. The number of benzene rings is 2. The monoisotopic (exact) mass is 377 g/mol. The van der Waals surface area contributed by atoms with E-state index in [1.165, 1.54) is 0 Å². The van der Waals surface area contributed by atoms with E-state index in [-0.39, 0.29) is 12.5 Å². The number of amides is 1. The fraction of sp³-hybridized carbons (Fsp3) is 0.118. The summed E-state index contributed by atoms with van der Waals surface area (Å²) in [5, 5.41) is 7.19. The summed E-state index contributed by atoms with van der Waals surface area (Å²) in [6.45, 7) is 1.54. The molecule has 0 saturated carbocycles. The lowest BCUT2D eigenvalue weighted by Crippen LogP contribution is -2.20. The fourth-order valence-electron chi connectivity index (χ4n) is 2.06. The Kier molecular flexibility index (Phi) is 5.21. The Hall–Kier alpha value is -2.57. The van der Waals surface area contributed by atoms with Crippen molar-refractivity contribution in [2.75, 3.05) is 11.9 Å². The third-order valence-electron chi connectivity index (χ3n) is 3.24. The van der Waals surface area contributed by atoms with Crippen molar-refractivity contribution in [2.24, 2.45) is 0 Å². The number of rotatable bonds is 5. The van der Waals surface area contributed by atoms with E-state index in [9.17, 15) is 4.79 Å². The third kappa shape index (κ3) is 4.29. The summed E-state index contributed by atoms with van der Waals surface area (Å²) in [4.78, 5) is 16.1. The van der Waals surface area contributed by atoms with Gasteiger partial charge < -0.3 is 14.6 Å². The molecular weight excluding hydrogens is 365 g/mol. The lowest BCUT2D eigenvalue weighted by atomic mass is 10.2. The van der Waals surface area contributed by atoms with Crippen molar-refractivity contribution >= 4 is 34.8 Å². The zero-order valence-electron chi connectivity index (χ0n) is 13.1. The van der Waals surface area contributed by atoms with Crippen molar-refractivity contribution in [3.63, 3.8) is 0 Å². The molecule has 6 nitrogen and oxygen atoms in total. The summed E-state index contributed by atoms with van der Waals surface area (Å²) < 4.78 is 10.4. The predicted molar refractivity (Wildman–Crippen MR) is 95.1 cm³/mol. The van der Waals surface area contributed by atoms with Gasteiger partial charge in [0.2, 0.25) is 11.7 Å². The quantitative estimate of drug-likeness (QED) is 0.714. The first kappa shape index (κ1) is 17.3. The van der Waals surface area contributed by atoms with Gasteiger partial charge in [0.05, 0.1) is 15.7 Å². The summed E-state index contributed by atoms with van der Waals surface area (Å²) in [6.07, 6.45) is 0. The Morgan fingerprint density at radius 3 is 2.44 bits per heavy atom. The van der Waals surface area contributed by atoms with Gasteiger partial charge in [-0.15, -0.1) is 0 Å². The van der Waals surface area contributed by atoms with E-state index in [1.54, 1.807) is 49.4 Å². The van der Waals surface area contributed by atoms with Crippen molar-refractivity contribution in [1.82, 2.24) is 10.1 Å². The summed E-state index contributed by atoms with van der Waals surface area (Å²) in [5.41, 5.74) is 1.15. The van der Waals surface area contributed by atoms with Gasteiger partial charge in [0.15, 0.2) is 6.61 Å². The molecule has 0 fully saturated rings. The lowest BCUT2D eigenvalue weighted by molar-refractivity contribution is -0.118. The second kappa shape index (κ2) is 7.55. The number of hydrogen-bond acceptors (Lipinski definition) is 5. The van der Waals surface area contributed by atoms with Crippen LogP contribution in [0.5, 0.6) is 5.75 Å². The molecule has 0 spiro atoms. The van der Waals surface area contributed by atoms with Gasteiger partial charge in [-0.2, -0.15) is 4.98 Å². The van der Waals surface area contributed by atoms with E-state index >= 15 is 0 Å². The minimum Gasteiger partial charge on any atom is -0.484 e. The third-order valence-corrected chi connectivity index (χ3v) is 3.87. The van der Waals surface area contributed by atoms with Crippen LogP contribution in [0.15, 0.2) is 47.0 Å². The maximum absolute atomic E-state index is 12.0. The average Bonchev–Trinajstić information content (AvgIpc) is 3.03. The zero-order chi connectivity index (χ0) is 17.8. The minimum absolute atomic E-state index is 0.178. The Morgan fingerprint density at radius 2 is 1.84 bits per heavy atom. The number of nitrogens with zero attached hydrogens (tertiary/aromatic N) is 2. The van der Waals surface area contributed by atoms with Crippen molar-refractivity contribution in [1.29, 1.82) is 0 Å². The Morgan fingerprint density at radius 1 is 1.16 bits per heavy atom. The van der Waals surface area contributed by atoms with Crippen LogP contribution in [0.1, 0.15) is 5.89 Å². The van der Waals surface area contributed by atoms with Crippen LogP contribution in [-0.2, 0) is 4.79 Å². The average molecular weight is 378 g/mol. The van der Waals surface area contributed by atoms with Gasteiger partial charge >= 0.3 is 0 Å². The Labute approximate surface area is 153 Å².